The lowest BCUT2D eigenvalue weighted by Crippen LogP contribution is -1.98. The van der Waals surface area contributed by atoms with E-state index < -0.39 is 0 Å². The van der Waals surface area contributed by atoms with Gasteiger partial charge >= 0.3 is 0 Å². The molecular weight excluding hydrogens is 550 g/mol. The van der Waals surface area contributed by atoms with Crippen molar-refractivity contribution in [1.29, 1.82) is 5.41 Å². The van der Waals surface area contributed by atoms with Crippen LogP contribution in [-0.4, -0.2) is 24.9 Å². The molecular formula is C40H27N5. The summed E-state index contributed by atoms with van der Waals surface area (Å²) in [6, 6.07) is 44.5. The van der Waals surface area contributed by atoms with Gasteiger partial charge in [-0.05, 0) is 60.7 Å². The Morgan fingerprint density at radius 3 is 1.84 bits per heavy atom. The van der Waals surface area contributed by atoms with Crippen LogP contribution in [0.5, 0.6) is 0 Å². The molecule has 1 N–H and O–H groups in total. The molecule has 4 heterocycles. The van der Waals surface area contributed by atoms with Crippen LogP contribution in [0.25, 0.3) is 77.8 Å². The second kappa shape index (κ2) is 9.66. The summed E-state index contributed by atoms with van der Waals surface area (Å²) in [6.45, 7) is 4.22. The zero-order chi connectivity index (χ0) is 30.1. The largest absolute Gasteiger partial charge is 0.309 e. The number of pyridine rings is 1. The molecule has 0 aliphatic heterocycles. The minimum atomic E-state index is 0.819. The second-order valence-electron chi connectivity index (χ2n) is 11.3. The molecule has 0 atom stereocenters. The molecule has 0 saturated heterocycles. The number of aromatic nitrogens is 4. The van der Waals surface area contributed by atoms with Gasteiger partial charge in [0, 0.05) is 50.4 Å². The van der Waals surface area contributed by atoms with Crippen LogP contribution in [0.4, 0.5) is 0 Å². The average Bonchev–Trinajstić information content (AvgIpc) is 3.74. The van der Waals surface area contributed by atoms with E-state index in [-0.39, 0.29) is 0 Å². The molecule has 0 aliphatic carbocycles. The molecule has 0 bridgehead atoms. The summed E-state index contributed by atoms with van der Waals surface area (Å²) in [4.78, 5) is 5.09. The monoisotopic (exact) mass is 577 g/mol. The first-order valence-corrected chi connectivity index (χ1v) is 15.0. The third kappa shape index (κ3) is 3.49. The lowest BCUT2D eigenvalue weighted by molar-refractivity contribution is 1.10. The molecule has 0 amide bonds. The number of benzene rings is 5. The first kappa shape index (κ1) is 25.3. The van der Waals surface area contributed by atoms with Gasteiger partial charge in [0.1, 0.15) is 0 Å². The fourth-order valence-electron chi connectivity index (χ4n) is 7.13. The van der Waals surface area contributed by atoms with Gasteiger partial charge in [-0.2, -0.15) is 0 Å². The predicted molar refractivity (Wildman–Crippen MR) is 188 cm³/mol. The molecule has 4 aromatic heterocycles. The molecule has 9 aromatic rings. The third-order valence-electron chi connectivity index (χ3n) is 8.96. The van der Waals surface area contributed by atoms with Gasteiger partial charge in [-0.25, -0.2) is 0 Å². The van der Waals surface area contributed by atoms with Crippen molar-refractivity contribution in [2.45, 2.75) is 0 Å². The van der Waals surface area contributed by atoms with Gasteiger partial charge in [-0.3, -0.25) is 4.98 Å². The number of fused-ring (bicyclic) bond motifs is 8. The van der Waals surface area contributed by atoms with E-state index in [9.17, 15) is 0 Å². The van der Waals surface area contributed by atoms with Crippen LogP contribution in [-0.2, 0) is 0 Å². The van der Waals surface area contributed by atoms with Crippen molar-refractivity contribution >= 4 is 66.9 Å². The van der Waals surface area contributed by atoms with Crippen molar-refractivity contribution in [3.8, 4) is 17.1 Å². The van der Waals surface area contributed by atoms with Crippen molar-refractivity contribution in [2.75, 3.05) is 0 Å². The van der Waals surface area contributed by atoms with Gasteiger partial charge in [0.05, 0.1) is 45.0 Å². The number of rotatable bonds is 5. The van der Waals surface area contributed by atoms with E-state index in [1.807, 2.05) is 24.4 Å². The van der Waals surface area contributed by atoms with Crippen molar-refractivity contribution in [1.82, 2.24) is 18.7 Å². The average molecular weight is 578 g/mol. The van der Waals surface area contributed by atoms with Crippen molar-refractivity contribution in [3.63, 3.8) is 0 Å². The zero-order valence-electron chi connectivity index (χ0n) is 24.4. The molecule has 45 heavy (non-hydrogen) atoms. The van der Waals surface area contributed by atoms with Crippen molar-refractivity contribution < 1.29 is 0 Å². The standard InChI is InChI=1S/C40H27N5/c1-2-33-32(24-41)38-37(25-42-39-30-18-10-12-20-35(30)45(40(38)39)27-15-7-4-8-16-27)44(33)28-21-22-36-31(23-28)29-17-9-11-19-34(29)43(36)26-13-5-3-6-14-26/h2-25,41H,1H2. The van der Waals surface area contributed by atoms with Gasteiger partial charge in [-0.15, -0.1) is 0 Å². The first-order chi connectivity index (χ1) is 22.3. The zero-order valence-corrected chi connectivity index (χ0v) is 24.4. The van der Waals surface area contributed by atoms with E-state index in [0.29, 0.717) is 0 Å². The molecule has 5 heteroatoms. The summed E-state index contributed by atoms with van der Waals surface area (Å²) in [7, 11) is 0. The summed E-state index contributed by atoms with van der Waals surface area (Å²) in [5.41, 5.74) is 11.1. The Hall–Kier alpha value is -6.20. The first-order valence-electron chi connectivity index (χ1n) is 15.0. The Morgan fingerprint density at radius 1 is 0.556 bits per heavy atom. The summed E-state index contributed by atoms with van der Waals surface area (Å²) < 4.78 is 6.81. The maximum absolute atomic E-state index is 8.65. The fraction of sp³-hybridized carbons (Fsp3) is 0. The fourth-order valence-corrected chi connectivity index (χ4v) is 7.13. The molecule has 0 radical (unpaired) electrons. The highest BCUT2D eigenvalue weighted by atomic mass is 15.0. The molecule has 0 aliphatic rings. The minimum Gasteiger partial charge on any atom is -0.309 e. The highest BCUT2D eigenvalue weighted by Gasteiger charge is 2.24. The van der Waals surface area contributed by atoms with Gasteiger partial charge in [0.2, 0.25) is 0 Å². The maximum Gasteiger partial charge on any atom is 0.0971 e. The van der Waals surface area contributed by atoms with E-state index in [4.69, 9.17) is 10.4 Å². The maximum atomic E-state index is 8.65. The molecule has 9 rings (SSSR count). The highest BCUT2D eigenvalue weighted by molar-refractivity contribution is 6.21. The second-order valence-corrected chi connectivity index (χ2v) is 11.3. The quantitative estimate of drug-likeness (QED) is 0.203. The highest BCUT2D eigenvalue weighted by Crippen LogP contribution is 2.41. The normalized spacial score (nSPS) is 11.7. The number of hydrogen-bond donors (Lipinski definition) is 1. The lowest BCUT2D eigenvalue weighted by atomic mass is 10.1. The third-order valence-corrected chi connectivity index (χ3v) is 8.96. The van der Waals surface area contributed by atoms with Crippen molar-refractivity contribution in [3.05, 3.63) is 151 Å². The molecule has 0 saturated carbocycles. The van der Waals surface area contributed by atoms with Crippen LogP contribution < -0.4 is 0 Å². The summed E-state index contributed by atoms with van der Waals surface area (Å²) in [6.07, 6.45) is 5.28. The van der Waals surface area contributed by atoms with Gasteiger partial charge < -0.3 is 19.1 Å². The lowest BCUT2D eigenvalue weighted by Gasteiger charge is -2.11. The summed E-state index contributed by atoms with van der Waals surface area (Å²) >= 11 is 0. The summed E-state index contributed by atoms with van der Waals surface area (Å²) in [5.74, 6) is 0. The molecule has 5 aromatic carbocycles. The Bertz CT molecular complexity index is 2620. The minimum absolute atomic E-state index is 0.819. The van der Waals surface area contributed by atoms with Crippen LogP contribution in [0.2, 0.25) is 0 Å². The van der Waals surface area contributed by atoms with E-state index in [1.165, 1.54) is 11.6 Å². The van der Waals surface area contributed by atoms with Crippen LogP contribution in [0.15, 0.2) is 140 Å². The van der Waals surface area contributed by atoms with Crippen LogP contribution in [0.1, 0.15) is 11.3 Å². The SMILES string of the molecule is C=Cc1c(C=N)c2c(cnc3c4ccccc4n(-c4ccccc4)c32)n1-c1ccc2c(c1)c1ccccc1n2-c1ccccc1. The summed E-state index contributed by atoms with van der Waals surface area (Å²) in [5, 5.41) is 13.1. The molecule has 0 fully saturated rings. The molecule has 212 valence electrons. The molecule has 5 nitrogen and oxygen atoms in total. The van der Waals surface area contributed by atoms with Gasteiger partial charge in [0.15, 0.2) is 0 Å². The van der Waals surface area contributed by atoms with E-state index in [0.717, 1.165) is 77.6 Å². The Labute approximate surface area is 259 Å². The molecule has 0 spiro atoms. The molecule has 0 unspecified atom stereocenters. The van der Waals surface area contributed by atoms with Crippen LogP contribution in [0.3, 0.4) is 0 Å². The Morgan fingerprint density at radius 2 is 1.16 bits per heavy atom. The van der Waals surface area contributed by atoms with Gasteiger partial charge in [0.25, 0.3) is 0 Å². The van der Waals surface area contributed by atoms with Gasteiger partial charge in [-0.1, -0.05) is 79.4 Å². The number of para-hydroxylation sites is 4. The Balaban J connectivity index is 1.40. The van der Waals surface area contributed by atoms with Crippen LogP contribution >= 0.6 is 0 Å². The number of nitrogens with zero attached hydrogens (tertiary/aromatic N) is 4. The van der Waals surface area contributed by atoms with E-state index in [1.54, 1.807) is 0 Å². The van der Waals surface area contributed by atoms with Crippen molar-refractivity contribution in [2.24, 2.45) is 0 Å². The van der Waals surface area contributed by atoms with E-state index >= 15 is 0 Å². The Kier molecular flexibility index (Phi) is 5.43. The topological polar surface area (TPSA) is 51.5 Å². The predicted octanol–water partition coefficient (Wildman–Crippen LogP) is 9.86. The van der Waals surface area contributed by atoms with Crippen LogP contribution in [0, 0.1) is 5.41 Å². The number of nitrogens with one attached hydrogen (secondary N) is 1. The van der Waals surface area contributed by atoms with E-state index in [2.05, 4.69) is 136 Å². The number of hydrogen-bond acceptors (Lipinski definition) is 2. The smallest absolute Gasteiger partial charge is 0.0971 e.